The first kappa shape index (κ1) is 24.5. The molecule has 2 unspecified atom stereocenters. The van der Waals surface area contributed by atoms with Crippen LogP contribution in [0.4, 0.5) is 0 Å². The van der Waals surface area contributed by atoms with Crippen LogP contribution in [0.1, 0.15) is 58.3 Å². The van der Waals surface area contributed by atoms with Crippen molar-refractivity contribution in [3.63, 3.8) is 0 Å². The van der Waals surface area contributed by atoms with E-state index in [1.807, 2.05) is 31.2 Å². The van der Waals surface area contributed by atoms with E-state index in [1.54, 1.807) is 17.1 Å². The molecule has 0 spiro atoms. The number of hydrogen-bond donors (Lipinski definition) is 2. The number of rotatable bonds is 10. The monoisotopic (exact) mass is 399 g/mol. The number of likely N-dealkylation sites (tertiary alicyclic amines) is 1. The highest BCUT2D eigenvalue weighted by molar-refractivity contribution is 5.77. The van der Waals surface area contributed by atoms with Crippen LogP contribution in [0.2, 0.25) is 0 Å². The highest BCUT2D eigenvalue weighted by atomic mass is 16.4. The first-order chi connectivity index (χ1) is 13.9. The van der Waals surface area contributed by atoms with Gasteiger partial charge < -0.3 is 15.1 Å². The quantitative estimate of drug-likeness (QED) is 0.252. The van der Waals surface area contributed by atoms with E-state index in [9.17, 15) is 14.7 Å². The van der Waals surface area contributed by atoms with Crippen LogP contribution in [0, 0.1) is 11.8 Å². The van der Waals surface area contributed by atoms with Crippen LogP contribution in [-0.2, 0) is 9.59 Å². The van der Waals surface area contributed by atoms with Gasteiger partial charge in [-0.15, -0.1) is 5.92 Å². The molecule has 2 atom stereocenters. The first-order valence-corrected chi connectivity index (χ1v) is 10.2. The SMILES string of the molecule is C=C/C=C\C=C(/C)CC(O)/C=C/C1CCCCC(=O)N1CC#CCCCC(=O)O. The average molecular weight is 400 g/mol. The molecule has 1 aliphatic heterocycles. The fourth-order valence-corrected chi connectivity index (χ4v) is 3.10. The minimum atomic E-state index is -0.819. The molecule has 0 aromatic rings. The van der Waals surface area contributed by atoms with Crippen LogP contribution in [0.25, 0.3) is 0 Å². The van der Waals surface area contributed by atoms with Crippen molar-refractivity contribution in [2.45, 2.75) is 70.4 Å². The van der Waals surface area contributed by atoms with Gasteiger partial charge in [0.15, 0.2) is 0 Å². The summed E-state index contributed by atoms with van der Waals surface area (Å²) in [7, 11) is 0. The van der Waals surface area contributed by atoms with Crippen molar-refractivity contribution in [2.24, 2.45) is 0 Å². The Hall–Kier alpha value is -2.58. The van der Waals surface area contributed by atoms with Crippen LogP contribution >= 0.6 is 0 Å². The number of carboxylic acid groups (broad SMARTS) is 1. The van der Waals surface area contributed by atoms with Crippen molar-refractivity contribution >= 4 is 11.9 Å². The lowest BCUT2D eigenvalue weighted by Crippen LogP contribution is -2.38. The Kier molecular flexibility index (Phi) is 12.2. The highest BCUT2D eigenvalue weighted by Crippen LogP contribution is 2.19. The standard InChI is InChI=1S/C24H33NO4/c1-3-4-7-12-20(2)19-22(26)17-16-21-13-9-10-14-23(27)25(21)18-11-6-5-8-15-24(28)29/h3-4,7,12,16-17,21-22,26H,1,5,8-10,13-15,18-19H2,2H3,(H,28,29)/b7-4-,17-16+,20-12+. The second-order valence-electron chi connectivity index (χ2n) is 7.23. The van der Waals surface area contributed by atoms with E-state index in [4.69, 9.17) is 5.11 Å². The van der Waals surface area contributed by atoms with E-state index in [1.165, 1.54) is 0 Å². The van der Waals surface area contributed by atoms with E-state index in [0.717, 1.165) is 24.8 Å². The summed E-state index contributed by atoms with van der Waals surface area (Å²) < 4.78 is 0. The fourth-order valence-electron chi connectivity index (χ4n) is 3.10. The number of allylic oxidation sites excluding steroid dienone is 4. The Labute approximate surface area is 174 Å². The second-order valence-corrected chi connectivity index (χ2v) is 7.23. The van der Waals surface area contributed by atoms with E-state index in [-0.39, 0.29) is 18.4 Å². The maximum absolute atomic E-state index is 12.5. The van der Waals surface area contributed by atoms with E-state index in [0.29, 0.717) is 32.2 Å². The number of nitrogens with zero attached hydrogens (tertiary/aromatic N) is 1. The molecule has 5 heteroatoms. The summed E-state index contributed by atoms with van der Waals surface area (Å²) in [5, 5.41) is 18.9. The van der Waals surface area contributed by atoms with Crippen LogP contribution in [0.3, 0.4) is 0 Å². The third-order valence-corrected chi connectivity index (χ3v) is 4.64. The summed E-state index contributed by atoms with van der Waals surface area (Å²) in [5.41, 5.74) is 1.06. The molecule has 1 aliphatic rings. The van der Waals surface area contributed by atoms with Crippen LogP contribution in [0.5, 0.6) is 0 Å². The van der Waals surface area contributed by atoms with Gasteiger partial charge in [-0.3, -0.25) is 9.59 Å². The number of aliphatic hydroxyl groups excluding tert-OH is 1. The predicted octanol–water partition coefficient (Wildman–Crippen LogP) is 4.01. The lowest BCUT2D eigenvalue weighted by molar-refractivity contribution is -0.137. The predicted molar refractivity (Wildman–Crippen MR) is 116 cm³/mol. The van der Waals surface area contributed by atoms with Crippen molar-refractivity contribution in [3.8, 4) is 11.8 Å². The van der Waals surface area contributed by atoms with E-state index < -0.39 is 12.1 Å². The zero-order valence-corrected chi connectivity index (χ0v) is 17.3. The smallest absolute Gasteiger partial charge is 0.303 e. The lowest BCUT2D eigenvalue weighted by atomic mass is 10.1. The molecular formula is C24H33NO4. The number of carboxylic acids is 1. The van der Waals surface area contributed by atoms with Gasteiger partial charge in [-0.05, 0) is 32.6 Å². The summed E-state index contributed by atoms with van der Waals surface area (Å²) in [6.45, 7) is 5.92. The van der Waals surface area contributed by atoms with Crippen molar-refractivity contribution in [1.82, 2.24) is 4.90 Å². The van der Waals surface area contributed by atoms with Gasteiger partial charge in [0.2, 0.25) is 5.91 Å². The van der Waals surface area contributed by atoms with Gasteiger partial charge in [0.1, 0.15) is 0 Å². The molecular weight excluding hydrogens is 366 g/mol. The Balaban J connectivity index is 2.67. The molecule has 2 N–H and O–H groups in total. The summed E-state index contributed by atoms with van der Waals surface area (Å²) in [5.74, 6) is 5.23. The Bertz CT molecular complexity index is 693. The summed E-state index contributed by atoms with van der Waals surface area (Å²) in [6, 6.07) is -0.0714. The summed E-state index contributed by atoms with van der Waals surface area (Å²) in [6.07, 6.45) is 15.3. The maximum Gasteiger partial charge on any atom is 0.303 e. The number of carbonyl (C=O) groups is 2. The maximum atomic E-state index is 12.5. The second kappa shape index (κ2) is 14.4. The van der Waals surface area contributed by atoms with Crippen LogP contribution in [0.15, 0.2) is 48.6 Å². The average Bonchev–Trinajstić information content (AvgIpc) is 2.84. The van der Waals surface area contributed by atoms with Crippen molar-refractivity contribution in [1.29, 1.82) is 0 Å². The number of aliphatic hydroxyl groups is 1. The summed E-state index contributed by atoms with van der Waals surface area (Å²) in [4.78, 5) is 24.8. The minimum Gasteiger partial charge on any atom is -0.481 e. The van der Waals surface area contributed by atoms with Crippen LogP contribution < -0.4 is 0 Å². The molecule has 158 valence electrons. The number of unbranched alkanes of at least 4 members (excludes halogenated alkanes) is 1. The number of hydrogen-bond acceptors (Lipinski definition) is 3. The van der Waals surface area contributed by atoms with E-state index >= 15 is 0 Å². The molecule has 0 aliphatic carbocycles. The molecule has 0 saturated carbocycles. The highest BCUT2D eigenvalue weighted by Gasteiger charge is 2.23. The molecule has 1 rings (SSSR count). The Morgan fingerprint density at radius 1 is 1.34 bits per heavy atom. The largest absolute Gasteiger partial charge is 0.481 e. The molecule has 29 heavy (non-hydrogen) atoms. The zero-order valence-electron chi connectivity index (χ0n) is 17.3. The molecule has 0 radical (unpaired) electrons. The third kappa shape index (κ3) is 11.1. The first-order valence-electron chi connectivity index (χ1n) is 10.2. The van der Waals surface area contributed by atoms with Gasteiger partial charge in [-0.2, -0.15) is 0 Å². The van der Waals surface area contributed by atoms with Gasteiger partial charge in [0.05, 0.1) is 18.7 Å². The van der Waals surface area contributed by atoms with Crippen molar-refractivity contribution < 1.29 is 19.8 Å². The molecule has 1 saturated heterocycles. The lowest BCUT2D eigenvalue weighted by Gasteiger charge is -2.26. The number of aliphatic carboxylic acids is 1. The molecule has 5 nitrogen and oxygen atoms in total. The molecule has 0 aromatic heterocycles. The van der Waals surface area contributed by atoms with Crippen molar-refractivity contribution in [2.75, 3.05) is 6.54 Å². The Morgan fingerprint density at radius 3 is 2.86 bits per heavy atom. The van der Waals surface area contributed by atoms with Gasteiger partial charge in [0, 0.05) is 19.3 Å². The van der Waals surface area contributed by atoms with Gasteiger partial charge >= 0.3 is 5.97 Å². The molecule has 0 bridgehead atoms. The zero-order chi connectivity index (χ0) is 21.5. The van der Waals surface area contributed by atoms with Crippen molar-refractivity contribution in [3.05, 3.63) is 48.6 Å². The molecule has 1 fully saturated rings. The topological polar surface area (TPSA) is 77.8 Å². The summed E-state index contributed by atoms with van der Waals surface area (Å²) >= 11 is 0. The molecule has 1 heterocycles. The normalized spacial score (nSPS) is 19.1. The van der Waals surface area contributed by atoms with Gasteiger partial charge in [-0.1, -0.05) is 60.9 Å². The Morgan fingerprint density at radius 2 is 2.14 bits per heavy atom. The fraction of sp³-hybridized carbons (Fsp3) is 0.500. The van der Waals surface area contributed by atoms with E-state index in [2.05, 4.69) is 18.4 Å². The molecule has 1 amide bonds. The van der Waals surface area contributed by atoms with Crippen LogP contribution in [-0.4, -0.2) is 45.7 Å². The minimum absolute atomic E-state index is 0.0714. The van der Waals surface area contributed by atoms with Gasteiger partial charge in [0.25, 0.3) is 0 Å². The third-order valence-electron chi connectivity index (χ3n) is 4.64. The number of carbonyl (C=O) groups excluding carboxylic acids is 1. The molecule has 0 aromatic carbocycles. The van der Waals surface area contributed by atoms with Gasteiger partial charge in [-0.25, -0.2) is 0 Å². The number of amides is 1.